The van der Waals surface area contributed by atoms with Crippen LogP contribution in [0.3, 0.4) is 0 Å². The Morgan fingerprint density at radius 2 is 2.31 bits per heavy atom. The van der Waals surface area contributed by atoms with Crippen LogP contribution >= 0.6 is 0 Å². The monoisotopic (exact) mass is 224 g/mol. The van der Waals surface area contributed by atoms with Crippen LogP contribution in [0.4, 0.5) is 0 Å². The van der Waals surface area contributed by atoms with Gasteiger partial charge in [0.25, 0.3) is 0 Å². The minimum atomic E-state index is 0.664. The van der Waals surface area contributed by atoms with Crippen molar-refractivity contribution in [1.82, 2.24) is 20.0 Å². The Bertz CT molecular complexity index is 295. The van der Waals surface area contributed by atoms with Crippen molar-refractivity contribution < 1.29 is 0 Å². The number of hydrogen-bond donors (Lipinski definition) is 1. The lowest BCUT2D eigenvalue weighted by Crippen LogP contribution is -2.34. The van der Waals surface area contributed by atoms with Crippen LogP contribution in [0.5, 0.6) is 0 Å². The molecule has 1 atom stereocenters. The topological polar surface area (TPSA) is 33.1 Å². The molecule has 0 saturated heterocycles. The Hall–Kier alpha value is -0.870. The van der Waals surface area contributed by atoms with Crippen molar-refractivity contribution in [1.29, 1.82) is 0 Å². The summed E-state index contributed by atoms with van der Waals surface area (Å²) < 4.78 is 1.84. The molecule has 0 aliphatic carbocycles. The van der Waals surface area contributed by atoms with Crippen LogP contribution < -0.4 is 5.32 Å². The molecule has 1 N–H and O–H groups in total. The van der Waals surface area contributed by atoms with Crippen molar-refractivity contribution in [2.75, 3.05) is 20.1 Å². The number of likely N-dealkylation sites (N-methyl/N-ethyl adjacent to an activating group) is 1. The molecule has 92 valence electrons. The molecule has 0 aliphatic heterocycles. The molecule has 4 heteroatoms. The first-order valence-electron chi connectivity index (χ1n) is 6.03. The highest BCUT2D eigenvalue weighted by atomic mass is 15.3. The summed E-state index contributed by atoms with van der Waals surface area (Å²) in [4.78, 5) is 2.38. The van der Waals surface area contributed by atoms with Crippen molar-refractivity contribution in [2.45, 2.75) is 32.9 Å². The zero-order valence-corrected chi connectivity index (χ0v) is 10.9. The van der Waals surface area contributed by atoms with E-state index in [1.807, 2.05) is 24.0 Å². The fourth-order valence-corrected chi connectivity index (χ4v) is 1.56. The first kappa shape index (κ1) is 13.2. The molecule has 0 radical (unpaired) electrons. The summed E-state index contributed by atoms with van der Waals surface area (Å²) in [5.74, 6) is 0. The van der Waals surface area contributed by atoms with E-state index in [0.29, 0.717) is 6.04 Å². The first-order valence-corrected chi connectivity index (χ1v) is 6.03. The molecule has 1 heterocycles. The van der Waals surface area contributed by atoms with E-state index in [2.05, 4.69) is 36.2 Å². The van der Waals surface area contributed by atoms with E-state index in [4.69, 9.17) is 0 Å². The van der Waals surface area contributed by atoms with Gasteiger partial charge in [0.15, 0.2) is 0 Å². The van der Waals surface area contributed by atoms with Crippen LogP contribution in [0.1, 0.15) is 26.0 Å². The maximum atomic E-state index is 4.32. The van der Waals surface area contributed by atoms with Crippen LogP contribution in [0.2, 0.25) is 0 Å². The normalized spacial score (nSPS) is 13.3. The van der Waals surface area contributed by atoms with Gasteiger partial charge in [0.1, 0.15) is 0 Å². The molecule has 1 aromatic heterocycles. The van der Waals surface area contributed by atoms with E-state index in [0.717, 1.165) is 25.3 Å². The number of nitrogens with one attached hydrogen (secondary N) is 1. The van der Waals surface area contributed by atoms with Gasteiger partial charge in [-0.2, -0.15) is 5.10 Å². The molecule has 0 spiro atoms. The maximum absolute atomic E-state index is 4.32. The second-order valence-corrected chi connectivity index (χ2v) is 4.40. The number of aromatic nitrogens is 2. The number of rotatable bonds is 7. The third kappa shape index (κ3) is 4.33. The van der Waals surface area contributed by atoms with E-state index in [1.165, 1.54) is 6.42 Å². The quantitative estimate of drug-likeness (QED) is 0.707. The lowest BCUT2D eigenvalue weighted by atomic mass is 10.2. The Kier molecular flexibility index (Phi) is 5.49. The lowest BCUT2D eigenvalue weighted by Gasteiger charge is -2.23. The predicted octanol–water partition coefficient (Wildman–Crippen LogP) is 1.24. The summed E-state index contributed by atoms with van der Waals surface area (Å²) in [7, 11) is 4.12. The summed E-state index contributed by atoms with van der Waals surface area (Å²) in [5, 5.41) is 7.73. The molecule has 1 rings (SSSR count). The average Bonchev–Trinajstić information content (AvgIpc) is 2.69. The molecule has 0 fully saturated rings. The van der Waals surface area contributed by atoms with Crippen molar-refractivity contribution in [3.63, 3.8) is 0 Å². The van der Waals surface area contributed by atoms with Crippen molar-refractivity contribution >= 4 is 0 Å². The second kappa shape index (κ2) is 6.66. The van der Waals surface area contributed by atoms with E-state index < -0.39 is 0 Å². The summed E-state index contributed by atoms with van der Waals surface area (Å²) in [6.07, 6.45) is 3.18. The van der Waals surface area contributed by atoms with Crippen molar-refractivity contribution in [2.24, 2.45) is 7.05 Å². The van der Waals surface area contributed by atoms with Gasteiger partial charge in [-0.3, -0.25) is 4.68 Å². The van der Waals surface area contributed by atoms with Gasteiger partial charge in [0, 0.05) is 38.9 Å². The van der Waals surface area contributed by atoms with Crippen LogP contribution in [0.25, 0.3) is 0 Å². The summed E-state index contributed by atoms with van der Waals surface area (Å²) in [5.41, 5.74) is 1.11. The van der Waals surface area contributed by atoms with Gasteiger partial charge in [-0.05, 0) is 26.5 Å². The Balaban J connectivity index is 2.12. The van der Waals surface area contributed by atoms with Crippen LogP contribution in [0, 0.1) is 0 Å². The molecule has 1 unspecified atom stereocenters. The smallest absolute Gasteiger partial charge is 0.0762 e. The third-order valence-electron chi connectivity index (χ3n) is 3.06. The van der Waals surface area contributed by atoms with Gasteiger partial charge in [-0.15, -0.1) is 0 Å². The summed E-state index contributed by atoms with van der Waals surface area (Å²) in [6, 6.07) is 2.71. The SMILES string of the molecule is CCC(C)N(C)CCNCc1ccn(C)n1. The van der Waals surface area contributed by atoms with Crippen LogP contribution in [-0.2, 0) is 13.6 Å². The highest BCUT2D eigenvalue weighted by Gasteiger charge is 2.05. The zero-order valence-electron chi connectivity index (χ0n) is 10.9. The minimum Gasteiger partial charge on any atom is -0.310 e. The zero-order chi connectivity index (χ0) is 12.0. The lowest BCUT2D eigenvalue weighted by molar-refractivity contribution is 0.251. The first-order chi connectivity index (χ1) is 7.63. The van der Waals surface area contributed by atoms with Crippen molar-refractivity contribution in [3.8, 4) is 0 Å². The third-order valence-corrected chi connectivity index (χ3v) is 3.06. The van der Waals surface area contributed by atoms with Gasteiger partial charge >= 0.3 is 0 Å². The predicted molar refractivity (Wildman–Crippen MR) is 67.3 cm³/mol. The van der Waals surface area contributed by atoms with Gasteiger partial charge in [-0.1, -0.05) is 6.92 Å². The molecule has 1 aromatic rings. The fourth-order valence-electron chi connectivity index (χ4n) is 1.56. The number of aryl methyl sites for hydroxylation is 1. The van der Waals surface area contributed by atoms with Crippen molar-refractivity contribution in [3.05, 3.63) is 18.0 Å². The summed E-state index contributed by atoms with van der Waals surface area (Å²) in [6.45, 7) is 7.44. The molecule has 0 aromatic carbocycles. The Labute approximate surface area is 98.6 Å². The molecule has 0 bridgehead atoms. The van der Waals surface area contributed by atoms with Gasteiger partial charge in [0.2, 0.25) is 0 Å². The molecule has 0 saturated carbocycles. The van der Waals surface area contributed by atoms with Crippen LogP contribution in [0.15, 0.2) is 12.3 Å². The minimum absolute atomic E-state index is 0.664. The highest BCUT2D eigenvalue weighted by Crippen LogP contribution is 1.98. The van der Waals surface area contributed by atoms with Gasteiger partial charge in [-0.25, -0.2) is 0 Å². The molecule has 4 nitrogen and oxygen atoms in total. The average molecular weight is 224 g/mol. The molecule has 0 amide bonds. The van der Waals surface area contributed by atoms with Crippen LogP contribution in [-0.4, -0.2) is 40.9 Å². The van der Waals surface area contributed by atoms with E-state index in [9.17, 15) is 0 Å². The molecular weight excluding hydrogens is 200 g/mol. The largest absolute Gasteiger partial charge is 0.310 e. The fraction of sp³-hybridized carbons (Fsp3) is 0.750. The van der Waals surface area contributed by atoms with Gasteiger partial charge in [0.05, 0.1) is 5.69 Å². The molecule has 16 heavy (non-hydrogen) atoms. The number of hydrogen-bond acceptors (Lipinski definition) is 3. The van der Waals surface area contributed by atoms with Gasteiger partial charge < -0.3 is 10.2 Å². The maximum Gasteiger partial charge on any atom is 0.0762 e. The molecular formula is C12H24N4. The Morgan fingerprint density at radius 1 is 1.56 bits per heavy atom. The van der Waals surface area contributed by atoms with E-state index in [1.54, 1.807) is 0 Å². The summed E-state index contributed by atoms with van der Waals surface area (Å²) >= 11 is 0. The standard InChI is InChI=1S/C12H24N4/c1-5-11(2)15(3)9-7-13-10-12-6-8-16(4)14-12/h6,8,11,13H,5,7,9-10H2,1-4H3. The number of nitrogens with zero attached hydrogens (tertiary/aromatic N) is 3. The Morgan fingerprint density at radius 3 is 2.88 bits per heavy atom. The van der Waals surface area contributed by atoms with E-state index in [-0.39, 0.29) is 0 Å². The highest BCUT2D eigenvalue weighted by molar-refractivity contribution is 4.97. The van der Waals surface area contributed by atoms with E-state index >= 15 is 0 Å². The molecule has 0 aliphatic rings. The second-order valence-electron chi connectivity index (χ2n) is 4.40.